The third kappa shape index (κ3) is 5.17. The van der Waals surface area contributed by atoms with Gasteiger partial charge in [0.15, 0.2) is 6.10 Å². The molecule has 2 heterocycles. The molecule has 0 aliphatic rings. The number of aromatic nitrogens is 4. The first-order valence-electron chi connectivity index (χ1n) is 9.95. The van der Waals surface area contributed by atoms with E-state index in [9.17, 15) is 23.1 Å². The predicted octanol–water partition coefficient (Wildman–Crippen LogP) is 4.72. The van der Waals surface area contributed by atoms with Gasteiger partial charge in [0.25, 0.3) is 5.91 Å². The summed E-state index contributed by atoms with van der Waals surface area (Å²) in [7, 11) is 1.57. The zero-order valence-electron chi connectivity index (χ0n) is 18.8. The van der Waals surface area contributed by atoms with E-state index in [4.69, 9.17) is 16.3 Å². The number of anilines is 1. The molecule has 0 aliphatic heterocycles. The van der Waals surface area contributed by atoms with E-state index in [1.807, 2.05) is 0 Å². The highest BCUT2D eigenvalue weighted by atomic mass is 35.5. The second kappa shape index (κ2) is 8.91. The Morgan fingerprint density at radius 2 is 1.97 bits per heavy atom. The number of halogens is 5. The van der Waals surface area contributed by atoms with Gasteiger partial charge >= 0.3 is 6.18 Å². The van der Waals surface area contributed by atoms with Gasteiger partial charge in [-0.05, 0) is 39.8 Å². The Bertz CT molecular complexity index is 1210. The minimum absolute atomic E-state index is 0.0123. The molecule has 1 unspecified atom stereocenters. The zero-order valence-corrected chi connectivity index (χ0v) is 19.6. The Balaban J connectivity index is 2.11. The molecule has 34 heavy (non-hydrogen) atoms. The molecule has 0 bridgehead atoms. The molecule has 0 saturated carbocycles. The summed E-state index contributed by atoms with van der Waals surface area (Å²) in [5.41, 5.74) is -1.64. The fourth-order valence-electron chi connectivity index (χ4n) is 3.18. The average Bonchev–Trinajstić information content (AvgIpc) is 3.25. The Hall–Kier alpha value is -3.12. The van der Waals surface area contributed by atoms with Crippen molar-refractivity contribution in [2.24, 2.45) is 7.05 Å². The van der Waals surface area contributed by atoms with Crippen LogP contribution in [0.25, 0.3) is 11.3 Å². The number of nitrogens with zero attached hydrogens (tertiary/aromatic N) is 3. The van der Waals surface area contributed by atoms with E-state index < -0.39 is 40.9 Å². The lowest BCUT2D eigenvalue weighted by atomic mass is 10.1. The smallest absolute Gasteiger partial charge is 0.425 e. The van der Waals surface area contributed by atoms with Gasteiger partial charge in [-0.3, -0.25) is 9.89 Å². The molecular weight excluding hydrogens is 482 g/mol. The van der Waals surface area contributed by atoms with E-state index >= 15 is 4.39 Å². The van der Waals surface area contributed by atoms with Crippen LogP contribution in [-0.2, 0) is 12.6 Å². The van der Waals surface area contributed by atoms with Gasteiger partial charge in [-0.15, -0.1) is 0 Å². The fourth-order valence-corrected chi connectivity index (χ4v) is 3.40. The van der Waals surface area contributed by atoms with Crippen molar-refractivity contribution >= 4 is 23.2 Å². The summed E-state index contributed by atoms with van der Waals surface area (Å²) in [6.07, 6.45) is -5.64. The Labute approximate surface area is 196 Å². The summed E-state index contributed by atoms with van der Waals surface area (Å²) >= 11 is 5.93. The van der Waals surface area contributed by atoms with Gasteiger partial charge in [-0.2, -0.15) is 18.3 Å². The largest absolute Gasteiger partial charge is 0.480 e. The molecule has 8 nitrogen and oxygen atoms in total. The lowest BCUT2D eigenvalue weighted by Crippen LogP contribution is -2.32. The maximum absolute atomic E-state index is 15.1. The molecule has 3 N–H and O–H groups in total. The van der Waals surface area contributed by atoms with E-state index in [0.29, 0.717) is 5.69 Å². The zero-order chi connectivity index (χ0) is 25.6. The van der Waals surface area contributed by atoms with Crippen LogP contribution >= 0.6 is 11.6 Å². The molecule has 0 radical (unpaired) electrons. The number of carbonyl (C=O) groups excluding carboxylic acids is 1. The van der Waals surface area contributed by atoms with Crippen LogP contribution in [0.4, 0.5) is 23.2 Å². The third-order valence-electron chi connectivity index (χ3n) is 4.92. The van der Waals surface area contributed by atoms with Crippen molar-refractivity contribution in [1.29, 1.82) is 0 Å². The van der Waals surface area contributed by atoms with Crippen LogP contribution in [0.1, 0.15) is 42.6 Å². The number of ether oxygens (including phenoxy) is 1. The molecule has 1 amide bonds. The monoisotopic (exact) mass is 503 g/mol. The summed E-state index contributed by atoms with van der Waals surface area (Å²) < 4.78 is 61.2. The molecule has 13 heteroatoms. The van der Waals surface area contributed by atoms with Crippen LogP contribution in [0.3, 0.4) is 0 Å². The van der Waals surface area contributed by atoms with Crippen LogP contribution < -0.4 is 10.1 Å². The number of benzene rings is 1. The van der Waals surface area contributed by atoms with Crippen molar-refractivity contribution in [3.63, 3.8) is 0 Å². The normalized spacial score (nSPS) is 13.1. The highest BCUT2D eigenvalue weighted by Gasteiger charge is 2.39. The molecule has 1 aromatic carbocycles. The van der Waals surface area contributed by atoms with Gasteiger partial charge in [0.1, 0.15) is 33.8 Å². The summed E-state index contributed by atoms with van der Waals surface area (Å²) in [4.78, 5) is 17.1. The lowest BCUT2D eigenvalue weighted by Gasteiger charge is -2.20. The van der Waals surface area contributed by atoms with Crippen molar-refractivity contribution in [3.8, 4) is 17.0 Å². The van der Waals surface area contributed by atoms with Gasteiger partial charge in [0, 0.05) is 18.8 Å². The van der Waals surface area contributed by atoms with E-state index in [2.05, 4.69) is 20.5 Å². The number of nitrogens with one attached hydrogen (secondary N) is 2. The molecule has 0 fully saturated rings. The van der Waals surface area contributed by atoms with Gasteiger partial charge in [0.2, 0.25) is 0 Å². The molecule has 3 aromatic rings. The number of alkyl halides is 3. The number of carbonyl (C=O) groups is 1. The molecule has 0 aliphatic carbocycles. The number of hydrogen-bond donors (Lipinski definition) is 3. The number of hydrogen-bond acceptors (Lipinski definition) is 5. The molecule has 0 saturated heterocycles. The maximum atomic E-state index is 15.1. The number of H-pyrrole nitrogens is 1. The van der Waals surface area contributed by atoms with E-state index in [0.717, 1.165) is 19.1 Å². The van der Waals surface area contributed by atoms with Gasteiger partial charge in [-0.25, -0.2) is 9.37 Å². The molecule has 3 rings (SSSR count). The fraction of sp³-hybridized carbons (Fsp3) is 0.381. The van der Waals surface area contributed by atoms with Crippen LogP contribution in [0.2, 0.25) is 5.15 Å². The summed E-state index contributed by atoms with van der Waals surface area (Å²) in [5.74, 6) is -2.22. The number of amides is 1. The highest BCUT2D eigenvalue weighted by molar-refractivity contribution is 6.33. The van der Waals surface area contributed by atoms with Crippen molar-refractivity contribution in [1.82, 2.24) is 19.7 Å². The minimum atomic E-state index is -4.74. The van der Waals surface area contributed by atoms with E-state index in [1.54, 1.807) is 7.05 Å². The molecule has 1 atom stereocenters. The first-order valence-corrected chi connectivity index (χ1v) is 10.3. The first kappa shape index (κ1) is 25.5. The predicted molar refractivity (Wildman–Crippen MR) is 116 cm³/mol. The van der Waals surface area contributed by atoms with Gasteiger partial charge in [0.05, 0.1) is 17.0 Å². The molecule has 0 spiro atoms. The maximum Gasteiger partial charge on any atom is 0.425 e. The topological polar surface area (TPSA) is 105 Å². The average molecular weight is 504 g/mol. The minimum Gasteiger partial charge on any atom is -0.480 e. The van der Waals surface area contributed by atoms with Crippen molar-refractivity contribution < 1.29 is 32.2 Å². The number of rotatable bonds is 6. The second-order valence-electron chi connectivity index (χ2n) is 8.20. The van der Waals surface area contributed by atoms with Crippen molar-refractivity contribution in [2.75, 3.05) is 5.32 Å². The van der Waals surface area contributed by atoms with Crippen LogP contribution in [0.15, 0.2) is 18.3 Å². The van der Waals surface area contributed by atoms with Crippen molar-refractivity contribution in [3.05, 3.63) is 46.4 Å². The van der Waals surface area contributed by atoms with E-state index in [1.165, 1.54) is 31.5 Å². The number of aryl methyl sites for hydroxylation is 2. The summed E-state index contributed by atoms with van der Waals surface area (Å²) in [6, 6.07) is 1.72. The summed E-state index contributed by atoms with van der Waals surface area (Å²) in [6.45, 7) is 5.25. The van der Waals surface area contributed by atoms with Crippen LogP contribution in [-0.4, -0.2) is 43.0 Å². The number of aliphatic hydroxyl groups is 1. The second-order valence-corrected chi connectivity index (χ2v) is 8.58. The quantitative estimate of drug-likeness (QED) is 0.422. The SMILES string of the molecule is Cc1n[nH]c(Cl)c1NC(=O)c1cc(F)c(-c2cn(C)c(C(C)(C)O)n2)cc1OC(C)C(F)(F)F. The standard InChI is InChI=1S/C21H22ClF4N5O3/c1-9-16(17(22)30-29-9)28-18(32)12-6-13(23)11(7-15(12)34-10(2)21(24,25)26)14-8-31(5)19(27-14)20(3,4)33/h6-8,10,33H,1-5H3,(H,28,32)(H,29,30). The molecule has 2 aromatic heterocycles. The van der Waals surface area contributed by atoms with E-state index in [-0.39, 0.29) is 27.9 Å². The molecular formula is C21H22ClF4N5O3. The van der Waals surface area contributed by atoms with Crippen molar-refractivity contribution in [2.45, 2.75) is 45.6 Å². The van der Waals surface area contributed by atoms with Gasteiger partial charge < -0.3 is 19.7 Å². The van der Waals surface area contributed by atoms with Gasteiger partial charge in [-0.1, -0.05) is 11.6 Å². The molecule has 184 valence electrons. The van der Waals surface area contributed by atoms with Crippen LogP contribution in [0.5, 0.6) is 5.75 Å². The Kier molecular flexibility index (Phi) is 6.68. The van der Waals surface area contributed by atoms with Crippen LogP contribution in [0, 0.1) is 12.7 Å². The Morgan fingerprint density at radius 3 is 2.47 bits per heavy atom. The number of imidazole rings is 1. The lowest BCUT2D eigenvalue weighted by molar-refractivity contribution is -0.189. The highest BCUT2D eigenvalue weighted by Crippen LogP contribution is 2.35. The number of aromatic amines is 1. The Morgan fingerprint density at radius 1 is 1.32 bits per heavy atom. The summed E-state index contributed by atoms with van der Waals surface area (Å²) in [5, 5.41) is 18.9. The first-order chi connectivity index (χ1) is 15.6. The third-order valence-corrected chi connectivity index (χ3v) is 5.19.